The minimum atomic E-state index is 0.649. The molecule has 1 rings (SSSR count). The number of aryl methyl sites for hydroxylation is 3. The molecule has 0 aliphatic heterocycles. The maximum absolute atomic E-state index is 4.49. The highest BCUT2D eigenvalue weighted by molar-refractivity contribution is 5.09. The molecule has 0 fully saturated rings. The second kappa shape index (κ2) is 7.49. The van der Waals surface area contributed by atoms with Crippen LogP contribution in [-0.2, 0) is 13.0 Å². The fraction of sp³-hybridized carbons (Fsp3) is 0.786. The average Bonchev–Trinajstić information content (AvgIpc) is 2.70. The van der Waals surface area contributed by atoms with Crippen molar-refractivity contribution in [1.29, 1.82) is 0 Å². The predicted octanol–water partition coefficient (Wildman–Crippen LogP) is 2.92. The van der Waals surface area contributed by atoms with E-state index in [1.165, 1.54) is 25.0 Å². The molecule has 0 saturated heterocycles. The Morgan fingerprint density at radius 1 is 1.35 bits per heavy atom. The summed E-state index contributed by atoms with van der Waals surface area (Å²) in [5.74, 6) is 0. The van der Waals surface area contributed by atoms with Crippen molar-refractivity contribution in [2.75, 3.05) is 6.54 Å². The van der Waals surface area contributed by atoms with E-state index in [4.69, 9.17) is 0 Å². The second-order valence-corrected chi connectivity index (χ2v) is 4.69. The first kappa shape index (κ1) is 14.2. The monoisotopic (exact) mass is 237 g/mol. The third-order valence-corrected chi connectivity index (χ3v) is 3.21. The van der Waals surface area contributed by atoms with Gasteiger partial charge >= 0.3 is 0 Å². The highest BCUT2D eigenvalue weighted by atomic mass is 15.3. The van der Waals surface area contributed by atoms with E-state index < -0.39 is 0 Å². The third kappa shape index (κ3) is 4.50. The summed E-state index contributed by atoms with van der Waals surface area (Å²) < 4.78 is 2.13. The summed E-state index contributed by atoms with van der Waals surface area (Å²) in [7, 11) is 0. The van der Waals surface area contributed by atoms with E-state index in [1.807, 2.05) is 0 Å². The lowest BCUT2D eigenvalue weighted by Crippen LogP contribution is -2.29. The van der Waals surface area contributed by atoms with Crippen LogP contribution in [0.5, 0.6) is 0 Å². The smallest absolute Gasteiger partial charge is 0.0596 e. The van der Waals surface area contributed by atoms with Crippen LogP contribution >= 0.6 is 0 Å². The van der Waals surface area contributed by atoms with Gasteiger partial charge in [-0.1, -0.05) is 13.8 Å². The van der Waals surface area contributed by atoms with Crippen molar-refractivity contribution in [2.24, 2.45) is 0 Å². The average molecular weight is 237 g/mol. The fourth-order valence-corrected chi connectivity index (χ4v) is 2.20. The van der Waals surface area contributed by atoms with E-state index in [1.54, 1.807) is 0 Å². The van der Waals surface area contributed by atoms with Crippen LogP contribution in [0.3, 0.4) is 0 Å². The number of rotatable bonds is 8. The molecule has 1 heterocycles. The lowest BCUT2D eigenvalue weighted by atomic mass is 10.1. The Hall–Kier alpha value is -0.830. The summed E-state index contributed by atoms with van der Waals surface area (Å²) in [6.45, 7) is 10.8. The van der Waals surface area contributed by atoms with Gasteiger partial charge in [0.1, 0.15) is 0 Å². The number of nitrogens with one attached hydrogen (secondary N) is 1. The van der Waals surface area contributed by atoms with Gasteiger partial charge in [0.2, 0.25) is 0 Å². The SMILES string of the molecule is CCCNC(CC)CCc1cc(C)nn1CC. The Kier molecular flexibility index (Phi) is 6.27. The molecule has 0 bridgehead atoms. The Morgan fingerprint density at radius 3 is 2.71 bits per heavy atom. The van der Waals surface area contributed by atoms with E-state index in [9.17, 15) is 0 Å². The number of hydrogen-bond acceptors (Lipinski definition) is 2. The van der Waals surface area contributed by atoms with Crippen molar-refractivity contribution in [3.63, 3.8) is 0 Å². The second-order valence-electron chi connectivity index (χ2n) is 4.69. The van der Waals surface area contributed by atoms with Gasteiger partial charge in [0, 0.05) is 18.3 Å². The zero-order chi connectivity index (χ0) is 12.7. The highest BCUT2D eigenvalue weighted by Crippen LogP contribution is 2.09. The first-order valence-electron chi connectivity index (χ1n) is 6.97. The third-order valence-electron chi connectivity index (χ3n) is 3.21. The molecule has 0 radical (unpaired) electrons. The molecule has 0 saturated carbocycles. The van der Waals surface area contributed by atoms with Crippen molar-refractivity contribution in [3.05, 3.63) is 17.5 Å². The summed E-state index contributed by atoms with van der Waals surface area (Å²) in [6.07, 6.45) is 4.76. The number of nitrogens with zero attached hydrogens (tertiary/aromatic N) is 2. The molecule has 1 unspecified atom stereocenters. The number of aromatic nitrogens is 2. The van der Waals surface area contributed by atoms with Gasteiger partial charge in [-0.15, -0.1) is 0 Å². The topological polar surface area (TPSA) is 29.9 Å². The largest absolute Gasteiger partial charge is 0.314 e. The van der Waals surface area contributed by atoms with Crippen LogP contribution in [0.2, 0.25) is 0 Å². The first-order chi connectivity index (χ1) is 8.21. The normalized spacial score (nSPS) is 12.9. The van der Waals surface area contributed by atoms with Crippen LogP contribution in [0, 0.1) is 6.92 Å². The van der Waals surface area contributed by atoms with Crippen molar-refractivity contribution >= 4 is 0 Å². The molecule has 1 aromatic rings. The molecule has 17 heavy (non-hydrogen) atoms. The lowest BCUT2D eigenvalue weighted by Gasteiger charge is -2.16. The van der Waals surface area contributed by atoms with Gasteiger partial charge in [0.25, 0.3) is 0 Å². The Bertz CT molecular complexity index is 317. The molecular weight excluding hydrogens is 210 g/mol. The van der Waals surface area contributed by atoms with Gasteiger partial charge in [0.05, 0.1) is 5.69 Å². The predicted molar refractivity (Wildman–Crippen MR) is 73.3 cm³/mol. The summed E-state index contributed by atoms with van der Waals surface area (Å²) in [5, 5.41) is 8.10. The van der Waals surface area contributed by atoms with Gasteiger partial charge < -0.3 is 5.32 Å². The van der Waals surface area contributed by atoms with Crippen molar-refractivity contribution in [1.82, 2.24) is 15.1 Å². The van der Waals surface area contributed by atoms with Crippen LogP contribution < -0.4 is 5.32 Å². The van der Waals surface area contributed by atoms with E-state index >= 15 is 0 Å². The zero-order valence-corrected chi connectivity index (χ0v) is 11.8. The molecule has 1 aromatic heterocycles. The fourth-order valence-electron chi connectivity index (χ4n) is 2.20. The molecule has 3 nitrogen and oxygen atoms in total. The van der Waals surface area contributed by atoms with Crippen molar-refractivity contribution < 1.29 is 0 Å². The van der Waals surface area contributed by atoms with E-state index in [0.717, 1.165) is 25.2 Å². The van der Waals surface area contributed by atoms with Crippen LogP contribution in [0.25, 0.3) is 0 Å². The minimum absolute atomic E-state index is 0.649. The van der Waals surface area contributed by atoms with E-state index in [0.29, 0.717) is 6.04 Å². The zero-order valence-electron chi connectivity index (χ0n) is 11.8. The lowest BCUT2D eigenvalue weighted by molar-refractivity contribution is 0.460. The van der Waals surface area contributed by atoms with Crippen LogP contribution in [0.4, 0.5) is 0 Å². The Labute approximate surface area is 106 Å². The van der Waals surface area contributed by atoms with E-state index in [2.05, 4.69) is 48.9 Å². The number of hydrogen-bond donors (Lipinski definition) is 1. The van der Waals surface area contributed by atoms with Gasteiger partial charge in [-0.25, -0.2) is 0 Å². The molecule has 0 aliphatic carbocycles. The maximum atomic E-state index is 4.49. The minimum Gasteiger partial charge on any atom is -0.314 e. The Morgan fingerprint density at radius 2 is 2.12 bits per heavy atom. The molecule has 1 N–H and O–H groups in total. The Balaban J connectivity index is 2.47. The maximum Gasteiger partial charge on any atom is 0.0596 e. The van der Waals surface area contributed by atoms with Crippen LogP contribution in [-0.4, -0.2) is 22.4 Å². The summed E-state index contributed by atoms with van der Waals surface area (Å²) in [4.78, 5) is 0. The standard InChI is InChI=1S/C14H27N3/c1-5-10-15-13(6-2)8-9-14-11-12(4)16-17(14)7-3/h11,13,15H,5-10H2,1-4H3. The molecule has 0 aliphatic rings. The molecule has 3 heteroatoms. The summed E-state index contributed by atoms with van der Waals surface area (Å²) >= 11 is 0. The van der Waals surface area contributed by atoms with Gasteiger partial charge in [-0.3, -0.25) is 4.68 Å². The van der Waals surface area contributed by atoms with Crippen LogP contribution in [0.1, 0.15) is 51.4 Å². The molecule has 1 atom stereocenters. The summed E-state index contributed by atoms with van der Waals surface area (Å²) in [6, 6.07) is 2.87. The molecule has 98 valence electrons. The van der Waals surface area contributed by atoms with Gasteiger partial charge in [0.15, 0.2) is 0 Å². The highest BCUT2D eigenvalue weighted by Gasteiger charge is 2.08. The van der Waals surface area contributed by atoms with Crippen molar-refractivity contribution in [2.45, 2.75) is 66.0 Å². The van der Waals surface area contributed by atoms with Gasteiger partial charge in [-0.05, 0) is 52.1 Å². The van der Waals surface area contributed by atoms with E-state index in [-0.39, 0.29) is 0 Å². The van der Waals surface area contributed by atoms with Crippen molar-refractivity contribution in [3.8, 4) is 0 Å². The molecule has 0 amide bonds. The van der Waals surface area contributed by atoms with Gasteiger partial charge in [-0.2, -0.15) is 5.10 Å². The molecular formula is C14H27N3. The first-order valence-corrected chi connectivity index (χ1v) is 6.97. The summed E-state index contributed by atoms with van der Waals surface area (Å²) in [5.41, 5.74) is 2.51. The van der Waals surface area contributed by atoms with Crippen LogP contribution in [0.15, 0.2) is 6.07 Å². The quantitative estimate of drug-likeness (QED) is 0.753. The molecule has 0 spiro atoms. The molecule has 0 aromatic carbocycles.